The number of benzene rings is 1. The van der Waals surface area contributed by atoms with E-state index < -0.39 is 0 Å². The normalized spacial score (nSPS) is 12.4. The molecule has 2 heterocycles. The first-order valence-electron chi connectivity index (χ1n) is 8.96. The first-order chi connectivity index (χ1) is 12.8. The molecule has 0 saturated carbocycles. The largest absolute Gasteiger partial charge is 0.349 e. The number of nitrogens with zero attached hydrogens (tertiary/aromatic N) is 4. The van der Waals surface area contributed by atoms with Crippen LogP contribution in [0.25, 0.3) is 5.78 Å². The van der Waals surface area contributed by atoms with Crippen molar-refractivity contribution >= 4 is 23.4 Å². The molecule has 3 aromatic rings. The standard InChI is InChI=1S/C20H25N5OS/c1-11-7-8-17(9-12(11)2)15(5)21-18(26)10-27-20-23-19-22-14(4)13(3)16(6)25(19)24-20/h7-9,15H,10H2,1-6H3,(H,21,26). The van der Waals surface area contributed by atoms with Crippen LogP contribution in [0, 0.1) is 34.6 Å². The Bertz CT molecular complexity index is 1010. The van der Waals surface area contributed by atoms with E-state index in [1.807, 2.05) is 27.7 Å². The molecule has 3 rings (SSSR count). The van der Waals surface area contributed by atoms with Crippen LogP contribution in [0.15, 0.2) is 23.4 Å². The van der Waals surface area contributed by atoms with Crippen molar-refractivity contribution in [3.8, 4) is 0 Å². The second-order valence-corrected chi connectivity index (χ2v) is 7.88. The summed E-state index contributed by atoms with van der Waals surface area (Å²) in [6.07, 6.45) is 0. The number of thioether (sulfide) groups is 1. The van der Waals surface area contributed by atoms with Gasteiger partial charge in [-0.05, 0) is 63.8 Å². The summed E-state index contributed by atoms with van der Waals surface area (Å²) < 4.78 is 1.74. The topological polar surface area (TPSA) is 72.2 Å². The molecule has 1 atom stereocenters. The van der Waals surface area contributed by atoms with Gasteiger partial charge in [-0.15, -0.1) is 5.10 Å². The van der Waals surface area contributed by atoms with E-state index in [1.54, 1.807) is 4.52 Å². The van der Waals surface area contributed by atoms with Crippen LogP contribution in [0.2, 0.25) is 0 Å². The zero-order valence-corrected chi connectivity index (χ0v) is 17.4. The molecule has 142 valence electrons. The Hall–Kier alpha value is -2.41. The summed E-state index contributed by atoms with van der Waals surface area (Å²) in [5.74, 6) is 0.798. The van der Waals surface area contributed by atoms with Crippen LogP contribution in [0.5, 0.6) is 0 Å². The van der Waals surface area contributed by atoms with Crippen LogP contribution in [-0.4, -0.2) is 31.2 Å². The summed E-state index contributed by atoms with van der Waals surface area (Å²) in [6.45, 7) is 12.1. The van der Waals surface area contributed by atoms with Gasteiger partial charge in [0.2, 0.25) is 11.1 Å². The van der Waals surface area contributed by atoms with Crippen molar-refractivity contribution in [1.29, 1.82) is 0 Å². The Labute approximate surface area is 163 Å². The molecule has 0 aliphatic heterocycles. The van der Waals surface area contributed by atoms with Crippen molar-refractivity contribution in [2.45, 2.75) is 52.7 Å². The molecule has 2 aromatic heterocycles. The zero-order chi connectivity index (χ0) is 19.7. The summed E-state index contributed by atoms with van der Waals surface area (Å²) in [6, 6.07) is 6.22. The highest BCUT2D eigenvalue weighted by Gasteiger charge is 2.14. The van der Waals surface area contributed by atoms with Gasteiger partial charge in [0.25, 0.3) is 5.78 Å². The summed E-state index contributed by atoms with van der Waals surface area (Å²) in [5, 5.41) is 8.07. The van der Waals surface area contributed by atoms with Crippen molar-refractivity contribution < 1.29 is 4.79 Å². The number of aryl methyl sites for hydroxylation is 4. The average molecular weight is 384 g/mol. The Balaban J connectivity index is 1.64. The SMILES string of the molecule is Cc1ccc(C(C)NC(=O)CSc2nc3nc(C)c(C)c(C)n3n2)cc1C. The molecule has 0 aliphatic carbocycles. The number of aromatic nitrogens is 4. The predicted molar refractivity (Wildman–Crippen MR) is 108 cm³/mol. The van der Waals surface area contributed by atoms with E-state index in [4.69, 9.17) is 0 Å². The van der Waals surface area contributed by atoms with Crippen molar-refractivity contribution in [2.75, 3.05) is 5.75 Å². The average Bonchev–Trinajstić information content (AvgIpc) is 3.03. The van der Waals surface area contributed by atoms with E-state index >= 15 is 0 Å². The lowest BCUT2D eigenvalue weighted by molar-refractivity contribution is -0.119. The van der Waals surface area contributed by atoms with Gasteiger partial charge in [-0.25, -0.2) is 9.50 Å². The fourth-order valence-corrected chi connectivity index (χ4v) is 3.46. The third-order valence-electron chi connectivity index (χ3n) is 4.98. The molecule has 0 aliphatic rings. The Morgan fingerprint density at radius 1 is 1.15 bits per heavy atom. The van der Waals surface area contributed by atoms with Gasteiger partial charge < -0.3 is 5.32 Å². The zero-order valence-electron chi connectivity index (χ0n) is 16.6. The van der Waals surface area contributed by atoms with Gasteiger partial charge in [0.1, 0.15) is 0 Å². The van der Waals surface area contributed by atoms with E-state index in [1.165, 1.54) is 22.9 Å². The molecule has 1 unspecified atom stereocenters. The fourth-order valence-electron chi connectivity index (χ4n) is 2.83. The van der Waals surface area contributed by atoms with E-state index in [0.29, 0.717) is 10.9 Å². The maximum atomic E-state index is 12.3. The number of hydrogen-bond donors (Lipinski definition) is 1. The Kier molecular flexibility index (Phi) is 5.51. The molecule has 1 amide bonds. The maximum absolute atomic E-state index is 12.3. The summed E-state index contributed by atoms with van der Waals surface area (Å²) in [5.41, 5.74) is 6.65. The number of carbonyl (C=O) groups is 1. The van der Waals surface area contributed by atoms with Crippen LogP contribution < -0.4 is 5.32 Å². The lowest BCUT2D eigenvalue weighted by Crippen LogP contribution is -2.28. The van der Waals surface area contributed by atoms with E-state index in [2.05, 4.69) is 52.4 Å². The quantitative estimate of drug-likeness (QED) is 0.681. The summed E-state index contributed by atoms with van der Waals surface area (Å²) in [7, 11) is 0. The monoisotopic (exact) mass is 383 g/mol. The summed E-state index contributed by atoms with van der Waals surface area (Å²) >= 11 is 1.32. The number of nitrogens with one attached hydrogen (secondary N) is 1. The number of amides is 1. The minimum absolute atomic E-state index is 0.0402. The van der Waals surface area contributed by atoms with Gasteiger partial charge in [-0.2, -0.15) is 4.98 Å². The molecule has 0 fully saturated rings. The number of carbonyl (C=O) groups excluding carboxylic acids is 1. The lowest BCUT2D eigenvalue weighted by Gasteiger charge is -2.15. The van der Waals surface area contributed by atoms with E-state index in [-0.39, 0.29) is 17.7 Å². The van der Waals surface area contributed by atoms with Gasteiger partial charge in [-0.3, -0.25) is 4.79 Å². The van der Waals surface area contributed by atoms with Gasteiger partial charge in [-0.1, -0.05) is 30.0 Å². The molecule has 0 bridgehead atoms. The molecule has 0 saturated heterocycles. The molecular formula is C20H25N5OS. The molecule has 0 spiro atoms. The van der Waals surface area contributed by atoms with Crippen LogP contribution in [0.1, 0.15) is 46.6 Å². The van der Waals surface area contributed by atoms with Crippen molar-refractivity contribution in [2.24, 2.45) is 0 Å². The Morgan fingerprint density at radius 3 is 2.59 bits per heavy atom. The van der Waals surface area contributed by atoms with Gasteiger partial charge >= 0.3 is 0 Å². The van der Waals surface area contributed by atoms with E-state index in [9.17, 15) is 4.79 Å². The lowest BCUT2D eigenvalue weighted by atomic mass is 10.0. The summed E-state index contributed by atoms with van der Waals surface area (Å²) in [4.78, 5) is 21.2. The second kappa shape index (κ2) is 7.68. The number of rotatable bonds is 5. The minimum atomic E-state index is -0.0411. The van der Waals surface area contributed by atoms with Gasteiger partial charge in [0.05, 0.1) is 11.8 Å². The van der Waals surface area contributed by atoms with Crippen molar-refractivity contribution in [3.05, 3.63) is 51.8 Å². The van der Waals surface area contributed by atoms with Crippen LogP contribution in [-0.2, 0) is 4.79 Å². The fraction of sp³-hybridized carbons (Fsp3) is 0.400. The molecular weight excluding hydrogens is 358 g/mol. The van der Waals surface area contributed by atoms with E-state index in [0.717, 1.165) is 22.5 Å². The Morgan fingerprint density at radius 2 is 1.89 bits per heavy atom. The van der Waals surface area contributed by atoms with Crippen LogP contribution >= 0.6 is 11.8 Å². The molecule has 27 heavy (non-hydrogen) atoms. The highest BCUT2D eigenvalue weighted by Crippen LogP contribution is 2.19. The highest BCUT2D eigenvalue weighted by atomic mass is 32.2. The maximum Gasteiger partial charge on any atom is 0.253 e. The van der Waals surface area contributed by atoms with Crippen molar-refractivity contribution in [3.63, 3.8) is 0 Å². The smallest absolute Gasteiger partial charge is 0.253 e. The molecule has 1 N–H and O–H groups in total. The molecule has 1 aromatic carbocycles. The first kappa shape index (κ1) is 19.4. The van der Waals surface area contributed by atoms with Gasteiger partial charge in [0.15, 0.2) is 0 Å². The number of hydrogen-bond acceptors (Lipinski definition) is 5. The number of fused-ring (bicyclic) bond motifs is 1. The van der Waals surface area contributed by atoms with Gasteiger partial charge in [0, 0.05) is 11.4 Å². The third-order valence-corrected chi connectivity index (χ3v) is 5.82. The van der Waals surface area contributed by atoms with Crippen molar-refractivity contribution in [1.82, 2.24) is 24.9 Å². The van der Waals surface area contributed by atoms with Crippen LogP contribution in [0.4, 0.5) is 0 Å². The second-order valence-electron chi connectivity index (χ2n) is 6.94. The first-order valence-corrected chi connectivity index (χ1v) is 9.94. The van der Waals surface area contributed by atoms with Crippen LogP contribution in [0.3, 0.4) is 0 Å². The molecule has 0 radical (unpaired) electrons. The predicted octanol–water partition coefficient (Wildman–Crippen LogP) is 3.64. The molecule has 6 nitrogen and oxygen atoms in total. The third kappa shape index (κ3) is 4.13. The highest BCUT2D eigenvalue weighted by molar-refractivity contribution is 7.99. The molecule has 7 heteroatoms. The minimum Gasteiger partial charge on any atom is -0.349 e.